The molecule has 1 N–H and O–H groups in total. The highest BCUT2D eigenvalue weighted by Crippen LogP contribution is 2.26. The van der Waals surface area contributed by atoms with Crippen molar-refractivity contribution in [3.63, 3.8) is 0 Å². The van der Waals surface area contributed by atoms with Gasteiger partial charge < -0.3 is 5.21 Å². The van der Waals surface area contributed by atoms with E-state index in [1.807, 2.05) is 43.3 Å². The quantitative estimate of drug-likeness (QED) is 0.724. The molecule has 3 heteroatoms. The number of aryl methyl sites for hydroxylation is 2. The van der Waals surface area contributed by atoms with E-state index in [-0.39, 0.29) is 0 Å². The van der Waals surface area contributed by atoms with Crippen molar-refractivity contribution in [3.8, 4) is 22.4 Å². The zero-order valence-electron chi connectivity index (χ0n) is 12.6. The molecule has 0 aliphatic rings. The number of nitrogens with zero attached hydrogens (tertiary/aromatic N) is 1. The van der Waals surface area contributed by atoms with Crippen molar-refractivity contribution in [1.29, 1.82) is 0 Å². The summed E-state index contributed by atoms with van der Waals surface area (Å²) in [5.74, 6) is 0. The predicted octanol–water partition coefficient (Wildman–Crippen LogP) is 4.04. The van der Waals surface area contributed by atoms with Crippen LogP contribution in [0.3, 0.4) is 0 Å². The first-order chi connectivity index (χ1) is 10.6. The van der Waals surface area contributed by atoms with Crippen molar-refractivity contribution >= 4 is 0 Å². The molecule has 1 heterocycles. The Balaban J connectivity index is 2.06. The number of hydrogen-bond donors (Lipinski definition) is 1. The topological polar surface area (TPSA) is 42.2 Å². The first-order valence-electron chi connectivity index (χ1n) is 7.15. The summed E-state index contributed by atoms with van der Waals surface area (Å²) < 4.78 is 0.690. The van der Waals surface area contributed by atoms with Crippen LogP contribution in [0.5, 0.6) is 0 Å². The summed E-state index contributed by atoms with van der Waals surface area (Å²) in [6, 6.07) is 19.2. The van der Waals surface area contributed by atoms with Crippen molar-refractivity contribution < 1.29 is 5.21 Å². The smallest absolute Gasteiger partial charge is 0.283 e. The Hall–Kier alpha value is -2.81. The van der Waals surface area contributed by atoms with Gasteiger partial charge in [-0.25, -0.2) is 0 Å². The van der Waals surface area contributed by atoms with Gasteiger partial charge in [0.15, 0.2) is 0 Å². The summed E-state index contributed by atoms with van der Waals surface area (Å²) in [6.45, 7) is 3.92. The first kappa shape index (κ1) is 14.1. The Kier molecular flexibility index (Phi) is 3.55. The monoisotopic (exact) mass is 291 g/mol. The van der Waals surface area contributed by atoms with Crippen molar-refractivity contribution in [2.75, 3.05) is 0 Å². The predicted molar refractivity (Wildman–Crippen MR) is 88.2 cm³/mol. The highest BCUT2D eigenvalue weighted by atomic mass is 16.5. The average molecular weight is 291 g/mol. The lowest BCUT2D eigenvalue weighted by atomic mass is 9.99. The van der Waals surface area contributed by atoms with Gasteiger partial charge in [0.05, 0.1) is 5.69 Å². The molecule has 3 nitrogen and oxygen atoms in total. The second-order valence-corrected chi connectivity index (χ2v) is 5.46. The molecule has 2 aromatic carbocycles. The van der Waals surface area contributed by atoms with Crippen molar-refractivity contribution in [2.45, 2.75) is 13.8 Å². The van der Waals surface area contributed by atoms with Gasteiger partial charge in [-0.05, 0) is 42.2 Å². The Labute approximate surface area is 129 Å². The molecule has 1 aromatic heterocycles. The summed E-state index contributed by atoms with van der Waals surface area (Å²) in [7, 11) is 0. The van der Waals surface area contributed by atoms with Crippen LogP contribution in [0.1, 0.15) is 11.1 Å². The fourth-order valence-corrected chi connectivity index (χ4v) is 2.62. The van der Waals surface area contributed by atoms with Crippen LogP contribution in [0, 0.1) is 13.8 Å². The standard InChI is InChI=1S/C19H17NO2/c1-13-11-18(20(22)19(21)12-13)16-9-7-15(8-10-16)17-6-4-3-5-14(17)2/h3-12,22H,1-2H3. The third-order valence-corrected chi connectivity index (χ3v) is 3.79. The molecule has 0 bridgehead atoms. The molecule has 0 amide bonds. The highest BCUT2D eigenvalue weighted by molar-refractivity contribution is 5.71. The average Bonchev–Trinajstić information content (AvgIpc) is 2.52. The number of hydrogen-bond acceptors (Lipinski definition) is 2. The zero-order chi connectivity index (χ0) is 15.7. The summed E-state index contributed by atoms with van der Waals surface area (Å²) in [6.07, 6.45) is 0. The summed E-state index contributed by atoms with van der Waals surface area (Å²) in [5.41, 5.74) is 5.22. The SMILES string of the molecule is Cc1cc(-c2ccc(-c3ccccc3C)cc2)n(O)c(=O)c1. The number of pyridine rings is 1. The van der Waals surface area contributed by atoms with Crippen LogP contribution in [0.2, 0.25) is 0 Å². The molecular weight excluding hydrogens is 274 g/mol. The van der Waals surface area contributed by atoms with Crippen LogP contribution < -0.4 is 5.56 Å². The van der Waals surface area contributed by atoms with Gasteiger partial charge >= 0.3 is 0 Å². The van der Waals surface area contributed by atoms with Crippen LogP contribution in [-0.2, 0) is 0 Å². The van der Waals surface area contributed by atoms with E-state index in [0.717, 1.165) is 16.7 Å². The molecule has 0 saturated carbocycles. The van der Waals surface area contributed by atoms with Gasteiger partial charge in [-0.3, -0.25) is 4.79 Å². The summed E-state index contributed by atoms with van der Waals surface area (Å²) in [4.78, 5) is 11.7. The molecule has 0 aliphatic carbocycles. The van der Waals surface area contributed by atoms with E-state index in [9.17, 15) is 10.0 Å². The Morgan fingerprint density at radius 1 is 0.864 bits per heavy atom. The van der Waals surface area contributed by atoms with Gasteiger partial charge in [0.25, 0.3) is 5.56 Å². The van der Waals surface area contributed by atoms with Crippen LogP contribution in [0.25, 0.3) is 22.4 Å². The Morgan fingerprint density at radius 3 is 2.18 bits per heavy atom. The van der Waals surface area contributed by atoms with Crippen molar-refractivity contribution in [3.05, 3.63) is 82.1 Å². The maximum atomic E-state index is 11.7. The van der Waals surface area contributed by atoms with Gasteiger partial charge in [0.1, 0.15) is 0 Å². The number of aromatic nitrogens is 1. The lowest BCUT2D eigenvalue weighted by Gasteiger charge is -2.10. The van der Waals surface area contributed by atoms with Crippen LogP contribution >= 0.6 is 0 Å². The number of benzene rings is 2. The maximum Gasteiger partial charge on any atom is 0.283 e. The van der Waals surface area contributed by atoms with Gasteiger partial charge in [-0.2, -0.15) is 0 Å². The largest absolute Gasteiger partial charge is 0.425 e. The fourth-order valence-electron chi connectivity index (χ4n) is 2.62. The Morgan fingerprint density at radius 2 is 1.50 bits per heavy atom. The van der Waals surface area contributed by atoms with E-state index in [1.165, 1.54) is 17.2 Å². The van der Waals surface area contributed by atoms with E-state index in [2.05, 4.69) is 19.1 Å². The minimum atomic E-state index is -0.419. The molecule has 0 unspecified atom stereocenters. The summed E-state index contributed by atoms with van der Waals surface area (Å²) >= 11 is 0. The second kappa shape index (κ2) is 5.53. The number of rotatable bonds is 2. The molecule has 110 valence electrons. The van der Waals surface area contributed by atoms with Crippen LogP contribution in [-0.4, -0.2) is 9.94 Å². The van der Waals surface area contributed by atoms with E-state index in [0.29, 0.717) is 10.4 Å². The zero-order valence-corrected chi connectivity index (χ0v) is 12.6. The Bertz CT molecular complexity index is 877. The molecule has 3 rings (SSSR count). The molecule has 0 fully saturated rings. The van der Waals surface area contributed by atoms with Crippen LogP contribution in [0.4, 0.5) is 0 Å². The van der Waals surface area contributed by atoms with Gasteiger partial charge in [0, 0.05) is 11.6 Å². The summed E-state index contributed by atoms with van der Waals surface area (Å²) in [5, 5.41) is 9.91. The third kappa shape index (κ3) is 2.53. The van der Waals surface area contributed by atoms with Crippen molar-refractivity contribution in [2.24, 2.45) is 0 Å². The van der Waals surface area contributed by atoms with Gasteiger partial charge in [-0.15, -0.1) is 4.73 Å². The molecule has 3 aromatic rings. The minimum Gasteiger partial charge on any atom is -0.425 e. The van der Waals surface area contributed by atoms with E-state index >= 15 is 0 Å². The third-order valence-electron chi connectivity index (χ3n) is 3.79. The molecule has 0 spiro atoms. The van der Waals surface area contributed by atoms with E-state index in [1.54, 1.807) is 6.07 Å². The normalized spacial score (nSPS) is 10.6. The maximum absolute atomic E-state index is 11.7. The first-order valence-corrected chi connectivity index (χ1v) is 7.15. The fraction of sp³-hybridized carbons (Fsp3) is 0.105. The molecular formula is C19H17NO2. The molecule has 0 atom stereocenters. The molecule has 0 radical (unpaired) electrons. The van der Waals surface area contributed by atoms with E-state index in [4.69, 9.17) is 0 Å². The minimum absolute atomic E-state index is 0.419. The van der Waals surface area contributed by atoms with E-state index < -0.39 is 5.56 Å². The molecule has 0 saturated heterocycles. The van der Waals surface area contributed by atoms with Gasteiger partial charge in [-0.1, -0.05) is 48.5 Å². The lowest BCUT2D eigenvalue weighted by molar-refractivity contribution is 0.179. The lowest BCUT2D eigenvalue weighted by Crippen LogP contribution is -2.18. The highest BCUT2D eigenvalue weighted by Gasteiger charge is 2.08. The van der Waals surface area contributed by atoms with Crippen LogP contribution in [0.15, 0.2) is 65.5 Å². The molecule has 22 heavy (non-hydrogen) atoms. The molecule has 0 aliphatic heterocycles. The van der Waals surface area contributed by atoms with Gasteiger partial charge in [0.2, 0.25) is 0 Å². The van der Waals surface area contributed by atoms with Crippen molar-refractivity contribution in [1.82, 2.24) is 4.73 Å². The second-order valence-electron chi connectivity index (χ2n) is 5.46.